The molecule has 0 aliphatic carbocycles. The zero-order valence-electron chi connectivity index (χ0n) is 21.2. The van der Waals surface area contributed by atoms with E-state index < -0.39 is 5.66 Å². The molecular weight excluding hydrogens is 452 g/mol. The van der Waals surface area contributed by atoms with E-state index in [1.807, 2.05) is 31.2 Å². The lowest BCUT2D eigenvalue weighted by atomic mass is 9.98. The fourth-order valence-electron chi connectivity index (χ4n) is 5.93. The topological polar surface area (TPSA) is 73.0 Å². The van der Waals surface area contributed by atoms with E-state index in [1.165, 1.54) is 31.2 Å². The highest BCUT2D eigenvalue weighted by Crippen LogP contribution is 2.43. The molecule has 1 atom stereocenters. The first-order valence-electron chi connectivity index (χ1n) is 13.3. The second kappa shape index (κ2) is 10.4. The maximum absolute atomic E-state index is 13.3. The van der Waals surface area contributed by atoms with Gasteiger partial charge < -0.3 is 10.2 Å². The third kappa shape index (κ3) is 4.89. The van der Waals surface area contributed by atoms with Gasteiger partial charge in [0.1, 0.15) is 5.66 Å². The van der Waals surface area contributed by atoms with Gasteiger partial charge in [-0.25, -0.2) is 0 Å². The van der Waals surface area contributed by atoms with Gasteiger partial charge >= 0.3 is 0 Å². The van der Waals surface area contributed by atoms with Crippen LogP contribution in [0.3, 0.4) is 0 Å². The van der Waals surface area contributed by atoms with E-state index in [1.54, 1.807) is 15.9 Å². The van der Waals surface area contributed by atoms with E-state index in [0.29, 0.717) is 30.6 Å². The molecule has 0 unspecified atom stereocenters. The standard InChI is InChI=1S/C29H36N4O3/c1-29-15-13-27(35)33(29)25-12-5-4-11-24(25)28(36)32(29)18-14-26(34)30-20-22-9-8-10-23(19-22)21-31-16-6-2-3-7-17-31/h4-5,8-12,19H,2-3,6-7,13-18,20-21H2,1H3,(H,30,34)/t29-/m0/s1. The number of amides is 3. The average Bonchev–Trinajstić information content (AvgIpc) is 3.02. The molecule has 2 saturated heterocycles. The Morgan fingerprint density at radius 2 is 1.72 bits per heavy atom. The van der Waals surface area contributed by atoms with Crippen molar-refractivity contribution in [2.24, 2.45) is 0 Å². The predicted molar refractivity (Wildman–Crippen MR) is 139 cm³/mol. The number of hydrogen-bond acceptors (Lipinski definition) is 4. The number of benzene rings is 2. The normalized spacial score (nSPS) is 22.2. The van der Waals surface area contributed by atoms with E-state index in [0.717, 1.165) is 25.2 Å². The van der Waals surface area contributed by atoms with Crippen LogP contribution < -0.4 is 10.2 Å². The van der Waals surface area contributed by atoms with Crippen molar-refractivity contribution < 1.29 is 14.4 Å². The van der Waals surface area contributed by atoms with Crippen molar-refractivity contribution in [3.05, 3.63) is 65.2 Å². The number of carbonyl (C=O) groups excluding carboxylic acids is 3. The summed E-state index contributed by atoms with van der Waals surface area (Å²) in [4.78, 5) is 44.8. The number of para-hydroxylation sites is 1. The summed E-state index contributed by atoms with van der Waals surface area (Å²) >= 11 is 0. The first-order chi connectivity index (χ1) is 17.5. The monoisotopic (exact) mass is 488 g/mol. The van der Waals surface area contributed by atoms with Crippen LogP contribution in [-0.4, -0.2) is 52.8 Å². The van der Waals surface area contributed by atoms with E-state index in [-0.39, 0.29) is 30.7 Å². The zero-order valence-corrected chi connectivity index (χ0v) is 21.2. The van der Waals surface area contributed by atoms with Crippen LogP contribution >= 0.6 is 0 Å². The minimum Gasteiger partial charge on any atom is -0.352 e. The van der Waals surface area contributed by atoms with Crippen molar-refractivity contribution in [2.45, 2.75) is 70.6 Å². The fraction of sp³-hybridized carbons (Fsp3) is 0.483. The highest BCUT2D eigenvalue weighted by molar-refractivity contribution is 6.10. The number of nitrogens with one attached hydrogen (secondary N) is 1. The highest BCUT2D eigenvalue weighted by atomic mass is 16.2. The van der Waals surface area contributed by atoms with E-state index >= 15 is 0 Å². The SMILES string of the molecule is C[C@@]12CCC(=O)N1c1ccccc1C(=O)N2CCC(=O)NCc1cccc(CN2CCCCCC2)c1. The Bertz CT molecular complexity index is 1140. The first kappa shape index (κ1) is 24.5. The van der Waals surface area contributed by atoms with E-state index in [9.17, 15) is 14.4 Å². The fourth-order valence-corrected chi connectivity index (χ4v) is 5.93. The van der Waals surface area contributed by atoms with Gasteiger partial charge in [0.05, 0.1) is 11.3 Å². The van der Waals surface area contributed by atoms with Gasteiger partial charge in [-0.2, -0.15) is 0 Å². The summed E-state index contributed by atoms with van der Waals surface area (Å²) < 4.78 is 0. The first-order valence-corrected chi connectivity index (χ1v) is 13.3. The molecule has 3 aliphatic heterocycles. The Kier molecular flexibility index (Phi) is 7.10. The number of fused-ring (bicyclic) bond motifs is 3. The molecule has 5 rings (SSSR count). The number of likely N-dealkylation sites (tertiary alicyclic amines) is 1. The van der Waals surface area contributed by atoms with Gasteiger partial charge in [-0.1, -0.05) is 49.2 Å². The molecule has 3 aliphatic rings. The van der Waals surface area contributed by atoms with Gasteiger partial charge in [-0.15, -0.1) is 0 Å². The van der Waals surface area contributed by atoms with Gasteiger partial charge in [0.2, 0.25) is 11.8 Å². The minimum atomic E-state index is -0.732. The summed E-state index contributed by atoms with van der Waals surface area (Å²) in [6.07, 6.45) is 6.35. The Hall–Kier alpha value is -3.19. The molecule has 0 aromatic heterocycles. The molecule has 0 saturated carbocycles. The zero-order chi connectivity index (χ0) is 25.1. The molecule has 3 amide bonds. The third-order valence-electron chi connectivity index (χ3n) is 7.89. The number of anilines is 1. The highest BCUT2D eigenvalue weighted by Gasteiger charge is 2.52. The number of hydrogen-bond donors (Lipinski definition) is 1. The van der Waals surface area contributed by atoms with Crippen LogP contribution in [0.25, 0.3) is 0 Å². The summed E-state index contributed by atoms with van der Waals surface area (Å²) in [6.45, 7) is 5.93. The Morgan fingerprint density at radius 1 is 0.972 bits per heavy atom. The number of rotatable bonds is 7. The maximum Gasteiger partial charge on any atom is 0.257 e. The molecule has 7 heteroatoms. The van der Waals surface area contributed by atoms with Gasteiger partial charge in [-0.05, 0) is 62.5 Å². The second-order valence-electron chi connectivity index (χ2n) is 10.5. The van der Waals surface area contributed by atoms with Gasteiger partial charge in [0, 0.05) is 32.5 Å². The summed E-state index contributed by atoms with van der Waals surface area (Å²) in [5, 5.41) is 3.02. The van der Waals surface area contributed by atoms with Crippen LogP contribution in [0.4, 0.5) is 5.69 Å². The number of nitrogens with zero attached hydrogens (tertiary/aromatic N) is 3. The van der Waals surface area contributed by atoms with E-state index in [2.05, 4.69) is 28.4 Å². The predicted octanol–water partition coefficient (Wildman–Crippen LogP) is 4.07. The van der Waals surface area contributed by atoms with Crippen LogP contribution in [0, 0.1) is 0 Å². The molecule has 190 valence electrons. The molecule has 2 aromatic rings. The van der Waals surface area contributed by atoms with Gasteiger partial charge in [0.15, 0.2) is 0 Å². The molecule has 36 heavy (non-hydrogen) atoms. The van der Waals surface area contributed by atoms with Crippen molar-refractivity contribution in [3.8, 4) is 0 Å². The van der Waals surface area contributed by atoms with Gasteiger partial charge in [0.25, 0.3) is 5.91 Å². The van der Waals surface area contributed by atoms with Crippen molar-refractivity contribution in [1.82, 2.24) is 15.1 Å². The lowest BCUT2D eigenvalue weighted by Crippen LogP contribution is -2.62. The largest absolute Gasteiger partial charge is 0.352 e. The van der Waals surface area contributed by atoms with Crippen LogP contribution in [-0.2, 0) is 22.7 Å². The van der Waals surface area contributed by atoms with Crippen LogP contribution in [0.5, 0.6) is 0 Å². The molecule has 0 bridgehead atoms. The maximum atomic E-state index is 13.3. The van der Waals surface area contributed by atoms with Crippen LogP contribution in [0.2, 0.25) is 0 Å². The lowest BCUT2D eigenvalue weighted by molar-refractivity contribution is -0.121. The molecule has 0 radical (unpaired) electrons. The Morgan fingerprint density at radius 3 is 2.53 bits per heavy atom. The molecule has 1 N–H and O–H groups in total. The number of carbonyl (C=O) groups is 3. The summed E-state index contributed by atoms with van der Waals surface area (Å²) in [5.74, 6) is -0.195. The third-order valence-corrected chi connectivity index (χ3v) is 7.89. The van der Waals surface area contributed by atoms with Crippen LogP contribution in [0.15, 0.2) is 48.5 Å². The molecular formula is C29H36N4O3. The Balaban J connectivity index is 1.19. The molecule has 3 heterocycles. The molecule has 0 spiro atoms. The second-order valence-corrected chi connectivity index (χ2v) is 10.5. The van der Waals surface area contributed by atoms with Crippen molar-refractivity contribution in [2.75, 3.05) is 24.5 Å². The quantitative estimate of drug-likeness (QED) is 0.638. The van der Waals surface area contributed by atoms with Crippen molar-refractivity contribution in [1.29, 1.82) is 0 Å². The minimum absolute atomic E-state index is 0.0203. The van der Waals surface area contributed by atoms with E-state index in [4.69, 9.17) is 0 Å². The molecule has 2 aromatic carbocycles. The van der Waals surface area contributed by atoms with Gasteiger partial charge in [-0.3, -0.25) is 24.2 Å². The summed E-state index contributed by atoms with van der Waals surface area (Å²) in [6, 6.07) is 15.7. The van der Waals surface area contributed by atoms with Crippen molar-refractivity contribution in [3.63, 3.8) is 0 Å². The summed E-state index contributed by atoms with van der Waals surface area (Å²) in [7, 11) is 0. The average molecular weight is 489 g/mol. The van der Waals surface area contributed by atoms with Crippen LogP contribution in [0.1, 0.15) is 73.4 Å². The van der Waals surface area contributed by atoms with Crippen molar-refractivity contribution >= 4 is 23.4 Å². The lowest BCUT2D eigenvalue weighted by Gasteiger charge is -2.48. The Labute approximate surface area is 213 Å². The summed E-state index contributed by atoms with van der Waals surface area (Å²) in [5.41, 5.74) is 2.82. The molecule has 2 fully saturated rings. The smallest absolute Gasteiger partial charge is 0.257 e. The molecule has 7 nitrogen and oxygen atoms in total.